The lowest BCUT2D eigenvalue weighted by Gasteiger charge is -2.00. The molecule has 0 atom stereocenters. The van der Waals surface area contributed by atoms with Gasteiger partial charge in [-0.25, -0.2) is 4.68 Å². The summed E-state index contributed by atoms with van der Waals surface area (Å²) in [5, 5.41) is 14.4. The van der Waals surface area contributed by atoms with E-state index in [1.54, 1.807) is 11.7 Å². The number of aromatic nitrogens is 4. The number of nitrogens with zero attached hydrogens (tertiary/aromatic N) is 4. The maximum atomic E-state index is 11.1. The summed E-state index contributed by atoms with van der Waals surface area (Å²) in [6, 6.07) is 0. The molecule has 0 saturated heterocycles. The molecule has 1 heterocycles. The summed E-state index contributed by atoms with van der Waals surface area (Å²) >= 11 is 1.47. The summed E-state index contributed by atoms with van der Waals surface area (Å²) in [4.78, 5) is 11.1. The molecule has 78 valence electrons. The van der Waals surface area contributed by atoms with Gasteiger partial charge in [0.15, 0.2) is 0 Å². The molecule has 0 unspecified atom stereocenters. The number of carbonyl (C=O) groups excluding carboxylic acids is 1. The Labute approximate surface area is 86.4 Å². The van der Waals surface area contributed by atoms with Crippen LogP contribution in [0.15, 0.2) is 5.16 Å². The van der Waals surface area contributed by atoms with Gasteiger partial charge in [-0.1, -0.05) is 11.8 Å². The topological polar surface area (TPSA) is 72.7 Å². The highest BCUT2D eigenvalue weighted by molar-refractivity contribution is 7.99. The summed E-state index contributed by atoms with van der Waals surface area (Å²) in [6.45, 7) is 2.58. The van der Waals surface area contributed by atoms with Crippen LogP contribution >= 0.6 is 11.8 Å². The number of aryl methyl sites for hydroxylation is 1. The second kappa shape index (κ2) is 5.58. The number of tetrazole rings is 1. The van der Waals surface area contributed by atoms with Gasteiger partial charge in [-0.05, 0) is 17.4 Å². The number of rotatable bonds is 5. The van der Waals surface area contributed by atoms with Gasteiger partial charge in [-0.2, -0.15) is 0 Å². The van der Waals surface area contributed by atoms with Crippen molar-refractivity contribution in [3.8, 4) is 0 Å². The van der Waals surface area contributed by atoms with Gasteiger partial charge in [-0.3, -0.25) is 4.79 Å². The first-order valence-corrected chi connectivity index (χ1v) is 5.34. The van der Waals surface area contributed by atoms with E-state index in [1.807, 2.05) is 6.92 Å². The van der Waals surface area contributed by atoms with Crippen LogP contribution in [0.1, 0.15) is 13.3 Å². The highest BCUT2D eigenvalue weighted by Gasteiger charge is 2.04. The zero-order valence-corrected chi connectivity index (χ0v) is 9.04. The lowest BCUT2D eigenvalue weighted by molar-refractivity contribution is -0.120. The Balaban J connectivity index is 2.22. The van der Waals surface area contributed by atoms with Crippen LogP contribution in [-0.4, -0.2) is 38.4 Å². The van der Waals surface area contributed by atoms with E-state index < -0.39 is 0 Å². The minimum absolute atomic E-state index is 0.0649. The molecule has 1 aromatic heterocycles. The third-order valence-electron chi connectivity index (χ3n) is 1.52. The van der Waals surface area contributed by atoms with Gasteiger partial charge in [0.2, 0.25) is 11.1 Å². The SMILES string of the molecule is CCNC(=O)CCSc1nnnn1C. The average molecular weight is 215 g/mol. The van der Waals surface area contributed by atoms with E-state index in [4.69, 9.17) is 0 Å². The molecule has 0 aliphatic rings. The average Bonchev–Trinajstić information content (AvgIpc) is 2.52. The Bertz CT molecular complexity index is 300. The Morgan fingerprint density at radius 2 is 2.43 bits per heavy atom. The first kappa shape index (κ1) is 11.0. The van der Waals surface area contributed by atoms with Crippen LogP contribution < -0.4 is 5.32 Å². The van der Waals surface area contributed by atoms with Gasteiger partial charge < -0.3 is 5.32 Å². The molecule has 0 aromatic carbocycles. The van der Waals surface area contributed by atoms with Crippen LogP contribution in [0.5, 0.6) is 0 Å². The molecule has 0 saturated carbocycles. The molecule has 0 aliphatic carbocycles. The van der Waals surface area contributed by atoms with Crippen molar-refractivity contribution in [3.63, 3.8) is 0 Å². The van der Waals surface area contributed by atoms with Crippen LogP contribution in [0.4, 0.5) is 0 Å². The number of amides is 1. The lowest BCUT2D eigenvalue weighted by Crippen LogP contribution is -2.22. The summed E-state index contributed by atoms with van der Waals surface area (Å²) < 4.78 is 1.59. The zero-order chi connectivity index (χ0) is 10.4. The summed E-state index contributed by atoms with van der Waals surface area (Å²) in [5.74, 6) is 0.759. The number of nitrogens with one attached hydrogen (secondary N) is 1. The van der Waals surface area contributed by atoms with Gasteiger partial charge >= 0.3 is 0 Å². The van der Waals surface area contributed by atoms with E-state index >= 15 is 0 Å². The Morgan fingerprint density at radius 3 is 3.00 bits per heavy atom. The third kappa shape index (κ3) is 3.33. The quantitative estimate of drug-likeness (QED) is 0.690. The molecule has 0 bridgehead atoms. The Morgan fingerprint density at radius 1 is 1.64 bits per heavy atom. The van der Waals surface area contributed by atoms with Crippen molar-refractivity contribution in [3.05, 3.63) is 0 Å². The maximum Gasteiger partial charge on any atom is 0.220 e. The van der Waals surface area contributed by atoms with E-state index in [-0.39, 0.29) is 5.91 Å². The molecule has 1 N–H and O–H groups in total. The monoisotopic (exact) mass is 215 g/mol. The molecule has 1 aromatic rings. The van der Waals surface area contributed by atoms with Crippen molar-refractivity contribution in [1.29, 1.82) is 0 Å². The van der Waals surface area contributed by atoms with Crippen LogP contribution in [0, 0.1) is 0 Å². The maximum absolute atomic E-state index is 11.1. The second-order valence-electron chi connectivity index (χ2n) is 2.64. The zero-order valence-electron chi connectivity index (χ0n) is 8.23. The van der Waals surface area contributed by atoms with Crippen LogP contribution in [0.25, 0.3) is 0 Å². The Hall–Kier alpha value is -1.11. The van der Waals surface area contributed by atoms with Crippen LogP contribution in [0.3, 0.4) is 0 Å². The van der Waals surface area contributed by atoms with Crippen molar-refractivity contribution in [2.24, 2.45) is 7.05 Å². The lowest BCUT2D eigenvalue weighted by atomic mass is 10.4. The molecular weight excluding hydrogens is 202 g/mol. The minimum atomic E-state index is 0.0649. The van der Waals surface area contributed by atoms with E-state index in [2.05, 4.69) is 20.8 Å². The van der Waals surface area contributed by atoms with Crippen molar-refractivity contribution < 1.29 is 4.79 Å². The molecule has 0 fully saturated rings. The van der Waals surface area contributed by atoms with Crippen molar-refractivity contribution in [2.45, 2.75) is 18.5 Å². The third-order valence-corrected chi connectivity index (χ3v) is 2.53. The predicted molar refractivity (Wildman–Crippen MR) is 52.8 cm³/mol. The Kier molecular flexibility index (Phi) is 4.37. The van der Waals surface area contributed by atoms with Crippen molar-refractivity contribution in [1.82, 2.24) is 25.5 Å². The first-order valence-electron chi connectivity index (χ1n) is 4.36. The predicted octanol–water partition coefficient (Wildman–Crippen LogP) is -0.172. The fraction of sp³-hybridized carbons (Fsp3) is 0.714. The molecule has 0 aliphatic heterocycles. The van der Waals surface area contributed by atoms with Crippen LogP contribution in [0.2, 0.25) is 0 Å². The summed E-state index contributed by atoms with van der Waals surface area (Å²) in [6.07, 6.45) is 0.491. The van der Waals surface area contributed by atoms with Gasteiger partial charge in [0.1, 0.15) is 0 Å². The minimum Gasteiger partial charge on any atom is -0.356 e. The van der Waals surface area contributed by atoms with Gasteiger partial charge in [0.25, 0.3) is 0 Å². The van der Waals surface area contributed by atoms with Gasteiger partial charge in [0.05, 0.1) is 0 Å². The van der Waals surface area contributed by atoms with E-state index in [0.717, 1.165) is 5.16 Å². The first-order chi connectivity index (χ1) is 6.74. The fourth-order valence-corrected chi connectivity index (χ4v) is 1.65. The van der Waals surface area contributed by atoms with Crippen LogP contribution in [-0.2, 0) is 11.8 Å². The van der Waals surface area contributed by atoms with Gasteiger partial charge in [-0.15, -0.1) is 5.10 Å². The highest BCUT2D eigenvalue weighted by atomic mass is 32.2. The van der Waals surface area contributed by atoms with E-state index in [0.29, 0.717) is 18.7 Å². The molecule has 1 amide bonds. The number of hydrogen-bond donors (Lipinski definition) is 1. The number of thioether (sulfide) groups is 1. The van der Waals surface area contributed by atoms with Gasteiger partial charge in [0, 0.05) is 25.8 Å². The normalized spacial score (nSPS) is 10.1. The van der Waals surface area contributed by atoms with Crippen molar-refractivity contribution in [2.75, 3.05) is 12.3 Å². The smallest absolute Gasteiger partial charge is 0.220 e. The molecule has 14 heavy (non-hydrogen) atoms. The van der Waals surface area contributed by atoms with Crippen molar-refractivity contribution >= 4 is 17.7 Å². The van der Waals surface area contributed by atoms with E-state index in [9.17, 15) is 4.79 Å². The molecular formula is C7H13N5OS. The fourth-order valence-electron chi connectivity index (χ4n) is 0.864. The summed E-state index contributed by atoms with van der Waals surface area (Å²) in [7, 11) is 1.77. The standard InChI is InChI=1S/C7H13N5OS/c1-3-8-6(13)4-5-14-7-9-10-11-12(7)2/h3-5H2,1-2H3,(H,8,13). The molecule has 7 heteroatoms. The molecule has 1 rings (SSSR count). The molecule has 0 radical (unpaired) electrons. The molecule has 6 nitrogen and oxygen atoms in total. The van der Waals surface area contributed by atoms with E-state index in [1.165, 1.54) is 11.8 Å². The molecule has 0 spiro atoms. The number of carbonyl (C=O) groups is 1. The highest BCUT2D eigenvalue weighted by Crippen LogP contribution is 2.12. The number of hydrogen-bond acceptors (Lipinski definition) is 5. The second-order valence-corrected chi connectivity index (χ2v) is 3.70. The largest absolute Gasteiger partial charge is 0.356 e. The summed E-state index contributed by atoms with van der Waals surface area (Å²) in [5.41, 5.74) is 0.